The molecule has 1 aliphatic rings. The summed E-state index contributed by atoms with van der Waals surface area (Å²) in [6.07, 6.45) is 0.764. The molecule has 3 rings (SSSR count). The third-order valence-electron chi connectivity index (χ3n) is 3.68. The molecule has 1 aliphatic heterocycles. The maximum Gasteiger partial charge on any atom is 0.305 e. The van der Waals surface area contributed by atoms with E-state index < -0.39 is 5.97 Å². The zero-order valence-electron chi connectivity index (χ0n) is 11.6. The second-order valence-electron chi connectivity index (χ2n) is 5.16. The van der Waals surface area contributed by atoms with E-state index in [-0.39, 0.29) is 18.4 Å². The molecule has 2 aromatic rings. The lowest BCUT2D eigenvalue weighted by atomic mass is 9.92. The van der Waals surface area contributed by atoms with Gasteiger partial charge in [-0.2, -0.15) is 0 Å². The number of benzene rings is 1. The molecule has 0 aliphatic carbocycles. The highest BCUT2D eigenvalue weighted by molar-refractivity contribution is 5.67. The van der Waals surface area contributed by atoms with E-state index in [4.69, 9.17) is 9.84 Å². The molecule has 0 saturated carbocycles. The fourth-order valence-corrected chi connectivity index (χ4v) is 2.69. The van der Waals surface area contributed by atoms with Gasteiger partial charge in [0.1, 0.15) is 5.75 Å². The number of aromatic nitrogens is 4. The van der Waals surface area contributed by atoms with Crippen molar-refractivity contribution in [2.45, 2.75) is 31.7 Å². The molecule has 0 spiro atoms. The monoisotopic (exact) mass is 288 g/mol. The third-order valence-corrected chi connectivity index (χ3v) is 3.68. The molecule has 21 heavy (non-hydrogen) atoms. The minimum atomic E-state index is -0.865. The van der Waals surface area contributed by atoms with Crippen LogP contribution in [0.15, 0.2) is 24.3 Å². The van der Waals surface area contributed by atoms with Gasteiger partial charge in [-0.15, -0.1) is 5.10 Å². The lowest BCUT2D eigenvalue weighted by Crippen LogP contribution is -2.21. The first-order valence-electron chi connectivity index (χ1n) is 6.88. The highest BCUT2D eigenvalue weighted by Crippen LogP contribution is 2.37. The molecule has 2 atom stereocenters. The fourth-order valence-electron chi connectivity index (χ4n) is 2.69. The van der Waals surface area contributed by atoms with Gasteiger partial charge in [0.2, 0.25) is 0 Å². The molecular weight excluding hydrogens is 272 g/mol. The molecular formula is C14H16N4O3. The standard InChI is InChI=1S/C14H16N4O3/c1-9(8-13(19)20)18-14(15-16-17-18)11-6-7-21-12-5-3-2-4-10(11)12/h2-5,9,11H,6-8H2,1H3,(H,19,20). The van der Waals surface area contributed by atoms with Crippen LogP contribution in [-0.2, 0) is 4.79 Å². The van der Waals surface area contributed by atoms with E-state index in [2.05, 4.69) is 15.5 Å². The van der Waals surface area contributed by atoms with Gasteiger partial charge in [0.25, 0.3) is 0 Å². The molecule has 1 aromatic carbocycles. The Morgan fingerprint density at radius 1 is 1.52 bits per heavy atom. The van der Waals surface area contributed by atoms with Crippen molar-refractivity contribution in [2.24, 2.45) is 0 Å². The Labute approximate surface area is 121 Å². The molecule has 0 amide bonds. The van der Waals surface area contributed by atoms with E-state index in [0.29, 0.717) is 12.4 Å². The number of carboxylic acid groups (broad SMARTS) is 1. The number of rotatable bonds is 4. The maximum absolute atomic E-state index is 10.9. The highest BCUT2D eigenvalue weighted by Gasteiger charge is 2.29. The lowest BCUT2D eigenvalue weighted by molar-refractivity contribution is -0.137. The summed E-state index contributed by atoms with van der Waals surface area (Å²) in [5.74, 6) is 0.700. The number of hydrogen-bond acceptors (Lipinski definition) is 5. The number of nitrogens with zero attached hydrogens (tertiary/aromatic N) is 4. The number of tetrazole rings is 1. The first-order valence-corrected chi connectivity index (χ1v) is 6.88. The summed E-state index contributed by atoms with van der Waals surface area (Å²) in [7, 11) is 0. The first-order chi connectivity index (χ1) is 10.2. The van der Waals surface area contributed by atoms with Crippen molar-refractivity contribution in [2.75, 3.05) is 6.61 Å². The second kappa shape index (κ2) is 5.51. The van der Waals surface area contributed by atoms with Crippen molar-refractivity contribution in [3.63, 3.8) is 0 Å². The van der Waals surface area contributed by atoms with Crippen LogP contribution < -0.4 is 4.74 Å². The Morgan fingerprint density at radius 3 is 3.14 bits per heavy atom. The summed E-state index contributed by atoms with van der Waals surface area (Å²) in [6, 6.07) is 7.52. The van der Waals surface area contributed by atoms with E-state index in [1.54, 1.807) is 11.6 Å². The molecule has 0 saturated heterocycles. The van der Waals surface area contributed by atoms with Crippen molar-refractivity contribution in [3.8, 4) is 5.75 Å². The summed E-state index contributed by atoms with van der Waals surface area (Å²) in [4.78, 5) is 10.9. The molecule has 0 bridgehead atoms. The number of carboxylic acids is 1. The Bertz CT molecular complexity index is 655. The predicted molar refractivity (Wildman–Crippen MR) is 73.2 cm³/mol. The Hall–Kier alpha value is -2.44. The molecule has 0 fully saturated rings. The van der Waals surface area contributed by atoms with E-state index >= 15 is 0 Å². The van der Waals surface area contributed by atoms with Crippen molar-refractivity contribution in [3.05, 3.63) is 35.7 Å². The van der Waals surface area contributed by atoms with Crippen molar-refractivity contribution < 1.29 is 14.6 Å². The molecule has 0 radical (unpaired) electrons. The number of carbonyl (C=O) groups is 1. The third kappa shape index (κ3) is 2.58. The molecule has 1 aromatic heterocycles. The van der Waals surface area contributed by atoms with Crippen molar-refractivity contribution in [1.29, 1.82) is 0 Å². The van der Waals surface area contributed by atoms with Gasteiger partial charge in [-0.05, 0) is 29.8 Å². The van der Waals surface area contributed by atoms with Gasteiger partial charge in [0, 0.05) is 5.56 Å². The van der Waals surface area contributed by atoms with E-state index in [1.165, 1.54) is 0 Å². The number of fused-ring (bicyclic) bond motifs is 1. The lowest BCUT2D eigenvalue weighted by Gasteiger charge is -2.25. The van der Waals surface area contributed by atoms with Gasteiger partial charge < -0.3 is 9.84 Å². The highest BCUT2D eigenvalue weighted by atomic mass is 16.5. The largest absolute Gasteiger partial charge is 0.493 e. The van der Waals surface area contributed by atoms with Crippen molar-refractivity contribution >= 4 is 5.97 Å². The smallest absolute Gasteiger partial charge is 0.305 e. The predicted octanol–water partition coefficient (Wildman–Crippen LogP) is 1.62. The van der Waals surface area contributed by atoms with Gasteiger partial charge in [-0.25, -0.2) is 4.68 Å². The molecule has 2 heterocycles. The Morgan fingerprint density at radius 2 is 2.33 bits per heavy atom. The average molecular weight is 288 g/mol. The molecule has 110 valence electrons. The minimum Gasteiger partial charge on any atom is -0.493 e. The van der Waals surface area contributed by atoms with Crippen LogP contribution in [0.5, 0.6) is 5.75 Å². The zero-order valence-corrected chi connectivity index (χ0v) is 11.6. The molecule has 7 nitrogen and oxygen atoms in total. The summed E-state index contributed by atoms with van der Waals surface area (Å²) in [6.45, 7) is 2.40. The molecule has 1 N–H and O–H groups in total. The quantitative estimate of drug-likeness (QED) is 0.919. The normalized spacial score (nSPS) is 18.6. The summed E-state index contributed by atoms with van der Waals surface area (Å²) < 4.78 is 7.26. The zero-order chi connectivity index (χ0) is 14.8. The number of hydrogen-bond donors (Lipinski definition) is 1. The van der Waals surface area contributed by atoms with Gasteiger partial charge in [-0.1, -0.05) is 18.2 Å². The van der Waals surface area contributed by atoms with Crippen LogP contribution in [0, 0.1) is 0 Å². The second-order valence-corrected chi connectivity index (χ2v) is 5.16. The topological polar surface area (TPSA) is 90.1 Å². The van der Waals surface area contributed by atoms with Gasteiger partial charge >= 0.3 is 5.97 Å². The maximum atomic E-state index is 10.9. The van der Waals surface area contributed by atoms with Gasteiger partial charge in [-0.3, -0.25) is 4.79 Å². The number of para-hydroxylation sites is 1. The van der Waals surface area contributed by atoms with Gasteiger partial charge in [0.15, 0.2) is 5.82 Å². The Kier molecular flexibility index (Phi) is 3.55. The average Bonchev–Trinajstić information content (AvgIpc) is 2.95. The van der Waals surface area contributed by atoms with Crippen molar-refractivity contribution in [1.82, 2.24) is 20.2 Å². The SMILES string of the molecule is CC(CC(=O)O)n1nnnc1C1CCOc2ccccc21. The van der Waals surface area contributed by atoms with Crippen LogP contribution >= 0.6 is 0 Å². The first kappa shape index (κ1) is 13.5. The number of aliphatic carboxylic acids is 1. The fraction of sp³-hybridized carbons (Fsp3) is 0.429. The van der Waals surface area contributed by atoms with E-state index in [9.17, 15) is 4.79 Å². The van der Waals surface area contributed by atoms with Crippen LogP contribution in [-0.4, -0.2) is 37.9 Å². The molecule has 7 heteroatoms. The number of ether oxygens (including phenoxy) is 1. The van der Waals surface area contributed by atoms with Crippen LogP contribution in [0.25, 0.3) is 0 Å². The van der Waals surface area contributed by atoms with Crippen LogP contribution in [0.4, 0.5) is 0 Å². The molecule has 2 unspecified atom stereocenters. The van der Waals surface area contributed by atoms with Crippen LogP contribution in [0.1, 0.15) is 43.1 Å². The van der Waals surface area contributed by atoms with Crippen LogP contribution in [0.2, 0.25) is 0 Å². The summed E-state index contributed by atoms with van der Waals surface area (Å²) >= 11 is 0. The van der Waals surface area contributed by atoms with Gasteiger partial charge in [0.05, 0.1) is 25.0 Å². The van der Waals surface area contributed by atoms with Crippen LogP contribution in [0.3, 0.4) is 0 Å². The Balaban J connectivity index is 1.96. The minimum absolute atomic E-state index is 0.0110. The van der Waals surface area contributed by atoms with E-state index in [1.807, 2.05) is 24.3 Å². The van der Waals surface area contributed by atoms with E-state index in [0.717, 1.165) is 17.7 Å². The summed E-state index contributed by atoms with van der Waals surface area (Å²) in [5, 5.41) is 20.8. The summed E-state index contributed by atoms with van der Waals surface area (Å²) in [5.41, 5.74) is 1.04.